The minimum Gasteiger partial charge on any atom is -0.478 e. The first-order valence-corrected chi connectivity index (χ1v) is 8.30. The van der Waals surface area contributed by atoms with E-state index in [1.165, 1.54) is 0 Å². The number of nitrogens with zero attached hydrogens (tertiary/aromatic N) is 3. The Hall–Kier alpha value is -2.34. The van der Waals surface area contributed by atoms with Crippen molar-refractivity contribution in [1.82, 2.24) is 15.3 Å². The number of halogens is 1. The molecule has 0 radical (unpaired) electrons. The third kappa shape index (κ3) is 5.32. The Morgan fingerprint density at radius 3 is 2.48 bits per heavy atom. The number of carbonyl (C=O) groups is 1. The lowest BCUT2D eigenvalue weighted by Crippen LogP contribution is -2.46. The molecule has 0 unspecified atom stereocenters. The zero-order valence-electron chi connectivity index (χ0n) is 15.1. The van der Waals surface area contributed by atoms with Crippen molar-refractivity contribution in [3.8, 4) is 5.75 Å². The van der Waals surface area contributed by atoms with Gasteiger partial charge in [0.2, 0.25) is 5.95 Å². The second-order valence-electron chi connectivity index (χ2n) is 6.44. The van der Waals surface area contributed by atoms with Crippen LogP contribution in [0.4, 0.5) is 5.95 Å². The monoisotopic (exact) mass is 362 g/mol. The van der Waals surface area contributed by atoms with Gasteiger partial charge < -0.3 is 15.0 Å². The number of aryl methyl sites for hydroxylation is 1. The van der Waals surface area contributed by atoms with Crippen molar-refractivity contribution < 1.29 is 9.53 Å². The first-order valence-electron chi connectivity index (χ1n) is 7.92. The molecule has 1 N–H and O–H groups in total. The van der Waals surface area contributed by atoms with Gasteiger partial charge in [0.1, 0.15) is 5.75 Å². The zero-order valence-corrected chi connectivity index (χ0v) is 15.9. The van der Waals surface area contributed by atoms with E-state index < -0.39 is 5.60 Å². The Bertz CT molecular complexity index is 745. The van der Waals surface area contributed by atoms with E-state index in [1.807, 2.05) is 32.0 Å². The molecule has 0 aliphatic carbocycles. The van der Waals surface area contributed by atoms with Crippen molar-refractivity contribution in [1.29, 1.82) is 0 Å². The van der Waals surface area contributed by atoms with Gasteiger partial charge in [0, 0.05) is 24.8 Å². The molecule has 0 spiro atoms. The van der Waals surface area contributed by atoms with Gasteiger partial charge in [0.15, 0.2) is 5.60 Å². The molecule has 0 atom stereocenters. The summed E-state index contributed by atoms with van der Waals surface area (Å²) in [6, 6.07) is 8.75. The summed E-state index contributed by atoms with van der Waals surface area (Å²) in [5, 5.41) is 3.48. The number of amides is 1. The average molecular weight is 363 g/mol. The maximum atomic E-state index is 12.5. The van der Waals surface area contributed by atoms with Gasteiger partial charge in [0.25, 0.3) is 5.91 Å². The van der Waals surface area contributed by atoms with E-state index in [9.17, 15) is 4.79 Å². The minimum atomic E-state index is -1.03. The quantitative estimate of drug-likeness (QED) is 0.855. The Balaban J connectivity index is 2.02. The molecule has 134 valence electrons. The highest BCUT2D eigenvalue weighted by Gasteiger charge is 2.29. The third-order valence-corrected chi connectivity index (χ3v) is 3.71. The smallest absolute Gasteiger partial charge is 0.263 e. The van der Waals surface area contributed by atoms with Crippen molar-refractivity contribution in [3.05, 3.63) is 46.7 Å². The highest BCUT2D eigenvalue weighted by Crippen LogP contribution is 2.21. The molecular weight excluding hydrogens is 340 g/mol. The standard InChI is InChI=1S/C18H23ClN4O2/c1-12-10-14(22-17(21-12)23(4)5)11-20-16(24)18(2,3)25-15-8-6-13(19)7-9-15/h6-10H,11H2,1-5H3,(H,20,24). The van der Waals surface area contributed by atoms with Crippen LogP contribution >= 0.6 is 11.6 Å². The molecule has 0 fully saturated rings. The van der Waals surface area contributed by atoms with Crippen LogP contribution in [0.15, 0.2) is 30.3 Å². The molecule has 1 heterocycles. The molecule has 2 aromatic rings. The summed E-state index contributed by atoms with van der Waals surface area (Å²) in [5.74, 6) is 0.961. The van der Waals surface area contributed by atoms with Gasteiger partial charge in [-0.3, -0.25) is 4.79 Å². The van der Waals surface area contributed by atoms with E-state index in [0.29, 0.717) is 23.3 Å². The number of aromatic nitrogens is 2. The van der Waals surface area contributed by atoms with Gasteiger partial charge in [-0.15, -0.1) is 0 Å². The van der Waals surface area contributed by atoms with Gasteiger partial charge >= 0.3 is 0 Å². The normalized spacial score (nSPS) is 11.1. The lowest BCUT2D eigenvalue weighted by molar-refractivity contribution is -0.134. The fraction of sp³-hybridized carbons (Fsp3) is 0.389. The number of nitrogens with one attached hydrogen (secondary N) is 1. The number of anilines is 1. The predicted molar refractivity (Wildman–Crippen MR) is 99.1 cm³/mol. The first-order chi connectivity index (χ1) is 11.7. The number of benzene rings is 1. The molecule has 0 bridgehead atoms. The van der Waals surface area contributed by atoms with Gasteiger partial charge in [-0.05, 0) is 51.1 Å². The lowest BCUT2D eigenvalue weighted by atomic mass is 10.1. The Morgan fingerprint density at radius 1 is 1.24 bits per heavy atom. The van der Waals surface area contributed by atoms with E-state index >= 15 is 0 Å². The Labute approximate surface area is 153 Å². The molecule has 6 nitrogen and oxygen atoms in total. The summed E-state index contributed by atoms with van der Waals surface area (Å²) < 4.78 is 5.78. The van der Waals surface area contributed by atoms with Crippen molar-refractivity contribution in [2.45, 2.75) is 32.9 Å². The number of hydrogen-bond acceptors (Lipinski definition) is 5. The third-order valence-electron chi connectivity index (χ3n) is 3.46. The fourth-order valence-corrected chi connectivity index (χ4v) is 2.26. The molecular formula is C18H23ClN4O2. The summed E-state index contributed by atoms with van der Waals surface area (Å²) in [6.45, 7) is 5.63. The summed E-state index contributed by atoms with van der Waals surface area (Å²) in [7, 11) is 3.75. The van der Waals surface area contributed by atoms with Gasteiger partial charge in [-0.1, -0.05) is 11.6 Å². The summed E-state index contributed by atoms with van der Waals surface area (Å²) in [5.41, 5.74) is 0.562. The van der Waals surface area contributed by atoms with Gasteiger partial charge in [-0.25, -0.2) is 9.97 Å². The molecule has 7 heteroatoms. The molecule has 1 aromatic heterocycles. The molecule has 1 aromatic carbocycles. The molecule has 25 heavy (non-hydrogen) atoms. The fourth-order valence-electron chi connectivity index (χ4n) is 2.13. The molecule has 0 saturated carbocycles. The largest absolute Gasteiger partial charge is 0.478 e. The van der Waals surface area contributed by atoms with Crippen molar-refractivity contribution in [2.75, 3.05) is 19.0 Å². The molecule has 0 saturated heterocycles. The van der Waals surface area contributed by atoms with Crippen molar-refractivity contribution >= 4 is 23.5 Å². The van der Waals surface area contributed by atoms with E-state index in [4.69, 9.17) is 16.3 Å². The second-order valence-corrected chi connectivity index (χ2v) is 6.88. The highest BCUT2D eigenvalue weighted by atomic mass is 35.5. The topological polar surface area (TPSA) is 67.3 Å². The molecule has 1 amide bonds. The van der Waals surface area contributed by atoms with Crippen LogP contribution < -0.4 is 15.0 Å². The van der Waals surface area contributed by atoms with Crippen LogP contribution in [0, 0.1) is 6.92 Å². The lowest BCUT2D eigenvalue weighted by Gasteiger charge is -2.25. The van der Waals surface area contributed by atoms with Crippen LogP contribution in [0.2, 0.25) is 5.02 Å². The minimum absolute atomic E-state index is 0.231. The molecule has 0 aliphatic heterocycles. The highest BCUT2D eigenvalue weighted by molar-refractivity contribution is 6.30. The maximum Gasteiger partial charge on any atom is 0.263 e. The zero-order chi connectivity index (χ0) is 18.6. The predicted octanol–water partition coefficient (Wildman–Crippen LogP) is 2.98. The van der Waals surface area contributed by atoms with Crippen molar-refractivity contribution in [2.24, 2.45) is 0 Å². The van der Waals surface area contributed by atoms with Crippen LogP contribution in [0.25, 0.3) is 0 Å². The SMILES string of the molecule is Cc1cc(CNC(=O)C(C)(C)Oc2ccc(Cl)cc2)nc(N(C)C)n1. The van der Waals surface area contributed by atoms with Crippen LogP contribution in [-0.2, 0) is 11.3 Å². The number of rotatable bonds is 6. The molecule has 0 aliphatic rings. The van der Waals surface area contributed by atoms with E-state index in [-0.39, 0.29) is 5.91 Å². The van der Waals surface area contributed by atoms with E-state index in [2.05, 4.69) is 15.3 Å². The van der Waals surface area contributed by atoms with Crippen LogP contribution in [0.1, 0.15) is 25.2 Å². The van der Waals surface area contributed by atoms with E-state index in [0.717, 1.165) is 11.4 Å². The number of carbonyl (C=O) groups excluding carboxylic acids is 1. The number of hydrogen-bond donors (Lipinski definition) is 1. The van der Waals surface area contributed by atoms with Crippen LogP contribution in [-0.4, -0.2) is 35.6 Å². The van der Waals surface area contributed by atoms with E-state index in [1.54, 1.807) is 38.1 Å². The molecule has 2 rings (SSSR count). The van der Waals surface area contributed by atoms with Crippen LogP contribution in [0.5, 0.6) is 5.75 Å². The Kier molecular flexibility index (Phi) is 5.85. The summed E-state index contributed by atoms with van der Waals surface area (Å²) >= 11 is 5.86. The van der Waals surface area contributed by atoms with Crippen molar-refractivity contribution in [3.63, 3.8) is 0 Å². The maximum absolute atomic E-state index is 12.5. The Morgan fingerprint density at radius 2 is 1.88 bits per heavy atom. The number of ether oxygens (including phenoxy) is 1. The van der Waals surface area contributed by atoms with Crippen LogP contribution in [0.3, 0.4) is 0 Å². The summed E-state index contributed by atoms with van der Waals surface area (Å²) in [6.07, 6.45) is 0. The first kappa shape index (κ1) is 19.0. The average Bonchev–Trinajstić information content (AvgIpc) is 2.54. The summed E-state index contributed by atoms with van der Waals surface area (Å²) in [4.78, 5) is 23.1. The van der Waals surface area contributed by atoms with Gasteiger partial charge in [-0.2, -0.15) is 0 Å². The second kappa shape index (κ2) is 7.70. The van der Waals surface area contributed by atoms with Gasteiger partial charge in [0.05, 0.1) is 12.2 Å².